The minimum atomic E-state index is 0.102. The number of carbonyl (C=O) groups is 1. The first-order chi connectivity index (χ1) is 11.7. The van der Waals surface area contributed by atoms with Crippen molar-refractivity contribution in [2.24, 2.45) is 5.92 Å². The van der Waals surface area contributed by atoms with E-state index in [0.29, 0.717) is 11.7 Å². The molecule has 1 amide bonds. The van der Waals surface area contributed by atoms with Crippen LogP contribution in [0.3, 0.4) is 0 Å². The van der Waals surface area contributed by atoms with Crippen molar-refractivity contribution < 1.29 is 4.79 Å². The van der Waals surface area contributed by atoms with Gasteiger partial charge in [-0.1, -0.05) is 37.2 Å². The number of rotatable bonds is 7. The number of likely N-dealkylation sites (tertiary alicyclic amines) is 1. The summed E-state index contributed by atoms with van der Waals surface area (Å²) in [5, 5.41) is 3.07. The first-order valence-electron chi connectivity index (χ1n) is 8.68. The van der Waals surface area contributed by atoms with Gasteiger partial charge >= 0.3 is 0 Å². The fraction of sp³-hybridized carbons (Fsp3) is 0.556. The van der Waals surface area contributed by atoms with Gasteiger partial charge < -0.3 is 10.2 Å². The van der Waals surface area contributed by atoms with E-state index in [1.54, 1.807) is 11.3 Å². The molecule has 24 heavy (non-hydrogen) atoms. The number of hydrogen-bond donors (Lipinski definition) is 1. The van der Waals surface area contributed by atoms with Crippen LogP contribution in [0.2, 0.25) is 0 Å². The fourth-order valence-electron chi connectivity index (χ4n) is 3.03. The lowest BCUT2D eigenvalue weighted by molar-refractivity contribution is -0.118. The van der Waals surface area contributed by atoms with Crippen LogP contribution in [0, 0.1) is 5.92 Å². The standard InChI is InChI=1S/C18H25N3OS2/c1-14(12-21-9-5-2-6-10-21)11-19-17(22)13-23-18-20-15-7-3-4-8-16(15)24-18/h3-4,7-8,14H,2,5-6,9-13H2,1H3,(H,19,22). The molecule has 3 rings (SSSR count). The molecule has 130 valence electrons. The molecule has 1 aliphatic heterocycles. The molecule has 1 unspecified atom stereocenters. The summed E-state index contributed by atoms with van der Waals surface area (Å²) in [6, 6.07) is 8.09. The zero-order valence-electron chi connectivity index (χ0n) is 14.2. The lowest BCUT2D eigenvalue weighted by Gasteiger charge is -2.29. The number of para-hydroxylation sites is 1. The monoisotopic (exact) mass is 363 g/mol. The van der Waals surface area contributed by atoms with Crippen molar-refractivity contribution in [2.75, 3.05) is 31.9 Å². The first-order valence-corrected chi connectivity index (χ1v) is 10.5. The zero-order chi connectivity index (χ0) is 16.8. The van der Waals surface area contributed by atoms with Gasteiger partial charge in [0.25, 0.3) is 0 Å². The van der Waals surface area contributed by atoms with Gasteiger partial charge in [-0.15, -0.1) is 11.3 Å². The van der Waals surface area contributed by atoms with E-state index in [0.717, 1.165) is 22.9 Å². The van der Waals surface area contributed by atoms with Crippen molar-refractivity contribution in [3.05, 3.63) is 24.3 Å². The van der Waals surface area contributed by atoms with Crippen LogP contribution < -0.4 is 5.32 Å². The first kappa shape index (κ1) is 17.7. The molecule has 1 saturated heterocycles. The quantitative estimate of drug-likeness (QED) is 0.763. The van der Waals surface area contributed by atoms with Crippen molar-refractivity contribution in [1.82, 2.24) is 15.2 Å². The lowest BCUT2D eigenvalue weighted by Crippen LogP contribution is -2.38. The fourth-order valence-corrected chi connectivity index (χ4v) is 4.92. The van der Waals surface area contributed by atoms with E-state index in [4.69, 9.17) is 0 Å². The Labute approximate surface area is 152 Å². The van der Waals surface area contributed by atoms with Crippen LogP contribution in [-0.2, 0) is 4.79 Å². The maximum absolute atomic E-state index is 12.1. The summed E-state index contributed by atoms with van der Waals surface area (Å²) in [5.74, 6) is 1.04. The second kappa shape index (κ2) is 8.83. The Balaban J connectivity index is 1.37. The van der Waals surface area contributed by atoms with Gasteiger partial charge in [0.15, 0.2) is 4.34 Å². The molecule has 1 atom stereocenters. The third-order valence-corrected chi connectivity index (χ3v) is 6.45. The molecular formula is C18H25N3OS2. The highest BCUT2D eigenvalue weighted by Crippen LogP contribution is 2.29. The maximum Gasteiger partial charge on any atom is 0.230 e. The SMILES string of the molecule is CC(CNC(=O)CSc1nc2ccccc2s1)CN1CCCCC1. The predicted molar refractivity (Wildman–Crippen MR) is 103 cm³/mol. The highest BCUT2D eigenvalue weighted by Gasteiger charge is 2.14. The van der Waals surface area contributed by atoms with Gasteiger partial charge in [-0.05, 0) is 44.0 Å². The van der Waals surface area contributed by atoms with Crippen LogP contribution in [0.4, 0.5) is 0 Å². The number of nitrogens with one attached hydrogen (secondary N) is 1. The average Bonchev–Trinajstić information content (AvgIpc) is 3.02. The second-order valence-electron chi connectivity index (χ2n) is 6.51. The van der Waals surface area contributed by atoms with Crippen LogP contribution in [0.5, 0.6) is 0 Å². The van der Waals surface area contributed by atoms with E-state index in [9.17, 15) is 4.79 Å². The predicted octanol–water partition coefficient (Wildman–Crippen LogP) is 3.63. The number of aromatic nitrogens is 1. The molecule has 1 fully saturated rings. The van der Waals surface area contributed by atoms with Gasteiger partial charge in [0.05, 0.1) is 16.0 Å². The van der Waals surface area contributed by atoms with Gasteiger partial charge in [0.2, 0.25) is 5.91 Å². The van der Waals surface area contributed by atoms with Crippen molar-refractivity contribution in [3.8, 4) is 0 Å². The second-order valence-corrected chi connectivity index (χ2v) is 8.76. The van der Waals surface area contributed by atoms with Crippen LogP contribution in [0.1, 0.15) is 26.2 Å². The van der Waals surface area contributed by atoms with Crippen molar-refractivity contribution in [2.45, 2.75) is 30.5 Å². The largest absolute Gasteiger partial charge is 0.355 e. The summed E-state index contributed by atoms with van der Waals surface area (Å²) in [7, 11) is 0. The number of piperidine rings is 1. The number of benzene rings is 1. The minimum absolute atomic E-state index is 0.102. The molecule has 0 saturated carbocycles. The lowest BCUT2D eigenvalue weighted by atomic mass is 10.1. The Hall–Kier alpha value is -1.11. The summed E-state index contributed by atoms with van der Waals surface area (Å²) in [4.78, 5) is 19.1. The summed E-state index contributed by atoms with van der Waals surface area (Å²) >= 11 is 3.18. The smallest absolute Gasteiger partial charge is 0.230 e. The van der Waals surface area contributed by atoms with Gasteiger partial charge in [-0.25, -0.2) is 4.98 Å². The maximum atomic E-state index is 12.1. The number of nitrogens with zero attached hydrogens (tertiary/aromatic N) is 2. The minimum Gasteiger partial charge on any atom is -0.355 e. The topological polar surface area (TPSA) is 45.2 Å². The van der Waals surface area contributed by atoms with Gasteiger partial charge in [0.1, 0.15) is 0 Å². The third kappa shape index (κ3) is 5.19. The van der Waals surface area contributed by atoms with E-state index in [2.05, 4.69) is 28.2 Å². The van der Waals surface area contributed by atoms with E-state index in [1.807, 2.05) is 18.2 Å². The Bertz CT molecular complexity index is 634. The Morgan fingerprint density at radius 3 is 2.92 bits per heavy atom. The molecule has 0 bridgehead atoms. The molecule has 1 aromatic carbocycles. The molecule has 4 nitrogen and oxygen atoms in total. The highest BCUT2D eigenvalue weighted by atomic mass is 32.2. The van der Waals surface area contributed by atoms with Crippen LogP contribution in [0.15, 0.2) is 28.6 Å². The summed E-state index contributed by atoms with van der Waals surface area (Å²) in [6.45, 7) is 6.49. The molecule has 2 aromatic rings. The molecule has 0 spiro atoms. The van der Waals surface area contributed by atoms with E-state index >= 15 is 0 Å². The molecule has 6 heteroatoms. The number of thioether (sulfide) groups is 1. The van der Waals surface area contributed by atoms with E-state index < -0.39 is 0 Å². The van der Waals surface area contributed by atoms with Crippen molar-refractivity contribution >= 4 is 39.2 Å². The molecule has 0 aliphatic carbocycles. The molecule has 1 aliphatic rings. The average molecular weight is 364 g/mol. The number of carbonyl (C=O) groups excluding carboxylic acids is 1. The van der Waals surface area contributed by atoms with Crippen LogP contribution in [0.25, 0.3) is 10.2 Å². The normalized spacial score (nSPS) is 17.0. The van der Waals surface area contributed by atoms with Crippen molar-refractivity contribution in [1.29, 1.82) is 0 Å². The molecule has 2 heterocycles. The third-order valence-electron chi connectivity index (χ3n) is 4.27. The highest BCUT2D eigenvalue weighted by molar-refractivity contribution is 8.01. The number of hydrogen-bond acceptors (Lipinski definition) is 5. The number of thiazole rings is 1. The number of amides is 1. The summed E-state index contributed by atoms with van der Waals surface area (Å²) < 4.78 is 2.14. The van der Waals surface area contributed by atoms with E-state index in [1.165, 1.54) is 48.8 Å². The Morgan fingerprint density at radius 1 is 1.33 bits per heavy atom. The van der Waals surface area contributed by atoms with E-state index in [-0.39, 0.29) is 5.91 Å². The van der Waals surface area contributed by atoms with Crippen LogP contribution >= 0.6 is 23.1 Å². The summed E-state index contributed by atoms with van der Waals surface area (Å²) in [6.07, 6.45) is 4.00. The molecule has 1 N–H and O–H groups in total. The molecular weight excluding hydrogens is 338 g/mol. The zero-order valence-corrected chi connectivity index (χ0v) is 15.8. The number of fused-ring (bicyclic) bond motifs is 1. The molecule has 1 aromatic heterocycles. The Kier molecular flexibility index (Phi) is 6.51. The van der Waals surface area contributed by atoms with Gasteiger partial charge in [-0.3, -0.25) is 4.79 Å². The summed E-state index contributed by atoms with van der Waals surface area (Å²) in [5.41, 5.74) is 1.01. The molecule has 0 radical (unpaired) electrons. The van der Waals surface area contributed by atoms with Gasteiger partial charge in [0, 0.05) is 13.1 Å². The van der Waals surface area contributed by atoms with Gasteiger partial charge in [-0.2, -0.15) is 0 Å². The Morgan fingerprint density at radius 2 is 2.12 bits per heavy atom. The van der Waals surface area contributed by atoms with Crippen LogP contribution in [-0.4, -0.2) is 47.7 Å². The van der Waals surface area contributed by atoms with Crippen molar-refractivity contribution in [3.63, 3.8) is 0 Å².